The second-order valence-corrected chi connectivity index (χ2v) is 6.07. The number of rotatable bonds is 5. The van der Waals surface area contributed by atoms with Gasteiger partial charge < -0.3 is 10.3 Å². The Bertz CT molecular complexity index is 746. The summed E-state index contributed by atoms with van der Waals surface area (Å²) in [5.74, 6) is -0.0313. The third kappa shape index (κ3) is 4.61. The van der Waals surface area contributed by atoms with Crippen LogP contribution in [0.15, 0.2) is 34.2 Å². The summed E-state index contributed by atoms with van der Waals surface area (Å²) in [6, 6.07) is 6.80. The molecule has 0 fully saturated rings. The highest BCUT2D eigenvalue weighted by Crippen LogP contribution is 2.20. The zero-order valence-corrected chi connectivity index (χ0v) is 13.8. The van der Waals surface area contributed by atoms with E-state index >= 15 is 0 Å². The van der Waals surface area contributed by atoms with Crippen molar-refractivity contribution in [1.82, 2.24) is 9.97 Å². The average Bonchev–Trinajstić information content (AvgIpc) is 2.48. The Kier molecular flexibility index (Phi) is 5.63. The number of carbonyl (C=O) groups excluding carboxylic acids is 1. The molecule has 5 nitrogen and oxygen atoms in total. The van der Waals surface area contributed by atoms with Gasteiger partial charge in [-0.15, -0.1) is 0 Å². The minimum atomic E-state index is -0.208. The fraction of sp³-hybridized carbons (Fsp3) is 0.267. The first-order chi connectivity index (χ1) is 10.5. The molecule has 0 radical (unpaired) electrons. The van der Waals surface area contributed by atoms with Gasteiger partial charge in [0.2, 0.25) is 5.91 Å². The molecule has 0 saturated carbocycles. The average molecular weight is 338 g/mol. The lowest BCUT2D eigenvalue weighted by Crippen LogP contribution is -2.15. The number of nitrogens with zero attached hydrogens (tertiary/aromatic N) is 1. The highest BCUT2D eigenvalue weighted by molar-refractivity contribution is 7.99. The van der Waals surface area contributed by atoms with Crippen LogP contribution >= 0.6 is 23.4 Å². The van der Waals surface area contributed by atoms with E-state index in [0.29, 0.717) is 28.0 Å². The molecule has 0 spiro atoms. The van der Waals surface area contributed by atoms with Gasteiger partial charge in [-0.2, -0.15) is 0 Å². The van der Waals surface area contributed by atoms with Crippen molar-refractivity contribution in [3.63, 3.8) is 0 Å². The molecule has 1 aromatic carbocycles. The van der Waals surface area contributed by atoms with Crippen LogP contribution in [0, 0.1) is 6.92 Å². The Labute approximate surface area is 137 Å². The third-order valence-electron chi connectivity index (χ3n) is 2.93. The molecule has 0 saturated heterocycles. The summed E-state index contributed by atoms with van der Waals surface area (Å²) in [5, 5.41) is 3.81. The largest absolute Gasteiger partial charge is 0.325 e. The molecule has 0 bridgehead atoms. The number of aromatic amines is 1. The molecule has 1 aromatic heterocycles. The molecular weight excluding hydrogens is 322 g/mol. The number of halogens is 1. The number of thioether (sulfide) groups is 1. The van der Waals surface area contributed by atoms with Gasteiger partial charge in [0.05, 0.1) is 5.75 Å². The smallest absolute Gasteiger partial charge is 0.251 e. The number of carbonyl (C=O) groups is 1. The van der Waals surface area contributed by atoms with Gasteiger partial charge >= 0.3 is 0 Å². The van der Waals surface area contributed by atoms with E-state index in [1.54, 1.807) is 12.1 Å². The van der Waals surface area contributed by atoms with Crippen LogP contribution in [0.3, 0.4) is 0 Å². The number of H-pyrrole nitrogens is 1. The van der Waals surface area contributed by atoms with E-state index in [1.807, 2.05) is 19.9 Å². The van der Waals surface area contributed by atoms with Gasteiger partial charge in [-0.3, -0.25) is 9.59 Å². The number of benzene rings is 1. The first kappa shape index (κ1) is 16.6. The van der Waals surface area contributed by atoms with Crippen LogP contribution in [-0.2, 0) is 11.2 Å². The standard InChI is InChI=1S/C15H16ClN3O2S/c1-3-10-7-13(20)19-15(18-10)22-8-14(21)17-11-5-4-9(2)12(16)6-11/h4-7H,3,8H2,1-2H3,(H,17,21)(H,18,19,20). The van der Waals surface area contributed by atoms with E-state index < -0.39 is 0 Å². The van der Waals surface area contributed by atoms with Gasteiger partial charge in [-0.25, -0.2) is 4.98 Å². The number of aryl methyl sites for hydroxylation is 2. The Morgan fingerprint density at radius 1 is 1.41 bits per heavy atom. The number of nitrogens with one attached hydrogen (secondary N) is 2. The van der Waals surface area contributed by atoms with E-state index in [9.17, 15) is 9.59 Å². The lowest BCUT2D eigenvalue weighted by molar-refractivity contribution is -0.113. The zero-order valence-electron chi connectivity index (χ0n) is 12.3. The predicted molar refractivity (Wildman–Crippen MR) is 89.8 cm³/mol. The van der Waals surface area contributed by atoms with Crippen molar-refractivity contribution in [3.05, 3.63) is 50.9 Å². The normalized spacial score (nSPS) is 10.5. The van der Waals surface area contributed by atoms with Gasteiger partial charge in [0, 0.05) is 22.5 Å². The summed E-state index contributed by atoms with van der Waals surface area (Å²) in [6.07, 6.45) is 0.672. The maximum atomic E-state index is 11.9. The molecule has 2 rings (SSSR count). The van der Waals surface area contributed by atoms with Gasteiger partial charge in [-0.1, -0.05) is 36.4 Å². The summed E-state index contributed by atoms with van der Waals surface area (Å²) < 4.78 is 0. The quantitative estimate of drug-likeness (QED) is 0.649. The molecule has 0 aliphatic rings. The Morgan fingerprint density at radius 2 is 2.18 bits per heavy atom. The molecule has 2 aromatic rings. The molecule has 1 heterocycles. The van der Waals surface area contributed by atoms with E-state index in [0.717, 1.165) is 5.56 Å². The molecule has 0 atom stereocenters. The van der Waals surface area contributed by atoms with E-state index in [4.69, 9.17) is 11.6 Å². The van der Waals surface area contributed by atoms with E-state index in [1.165, 1.54) is 17.8 Å². The molecule has 0 aliphatic carbocycles. The predicted octanol–water partition coefficient (Wildman–Crippen LogP) is 3.02. The number of aromatic nitrogens is 2. The minimum Gasteiger partial charge on any atom is -0.325 e. The first-order valence-electron chi connectivity index (χ1n) is 6.77. The number of hydrogen-bond acceptors (Lipinski definition) is 4. The number of anilines is 1. The zero-order chi connectivity index (χ0) is 16.1. The molecular formula is C15H16ClN3O2S. The third-order valence-corrected chi connectivity index (χ3v) is 4.21. The topological polar surface area (TPSA) is 74.8 Å². The Hall–Kier alpha value is -1.79. The van der Waals surface area contributed by atoms with Crippen LogP contribution in [-0.4, -0.2) is 21.6 Å². The van der Waals surface area contributed by atoms with Crippen LogP contribution in [0.4, 0.5) is 5.69 Å². The lowest BCUT2D eigenvalue weighted by Gasteiger charge is -2.07. The lowest BCUT2D eigenvalue weighted by atomic mass is 10.2. The molecule has 2 N–H and O–H groups in total. The van der Waals surface area contributed by atoms with Gasteiger partial charge in [-0.05, 0) is 31.0 Å². The summed E-state index contributed by atoms with van der Waals surface area (Å²) in [6.45, 7) is 3.82. The highest BCUT2D eigenvalue weighted by atomic mass is 35.5. The van der Waals surface area contributed by atoms with Gasteiger partial charge in [0.25, 0.3) is 5.56 Å². The van der Waals surface area contributed by atoms with Crippen molar-refractivity contribution in [1.29, 1.82) is 0 Å². The van der Waals surface area contributed by atoms with Crippen molar-refractivity contribution in [3.8, 4) is 0 Å². The minimum absolute atomic E-state index is 0.154. The van der Waals surface area contributed by atoms with Crippen molar-refractivity contribution >= 4 is 35.0 Å². The van der Waals surface area contributed by atoms with Crippen molar-refractivity contribution in [2.24, 2.45) is 0 Å². The molecule has 116 valence electrons. The maximum Gasteiger partial charge on any atom is 0.251 e. The molecule has 0 aliphatic heterocycles. The fourth-order valence-electron chi connectivity index (χ4n) is 1.73. The molecule has 7 heteroatoms. The summed E-state index contributed by atoms with van der Waals surface area (Å²) >= 11 is 7.20. The summed E-state index contributed by atoms with van der Waals surface area (Å²) in [5.41, 5.74) is 2.09. The van der Waals surface area contributed by atoms with Crippen LogP contribution in [0.1, 0.15) is 18.2 Å². The van der Waals surface area contributed by atoms with E-state index in [2.05, 4.69) is 15.3 Å². The van der Waals surface area contributed by atoms with Crippen molar-refractivity contribution in [2.45, 2.75) is 25.4 Å². The van der Waals surface area contributed by atoms with Gasteiger partial charge in [0.1, 0.15) is 0 Å². The first-order valence-corrected chi connectivity index (χ1v) is 8.13. The molecule has 0 unspecified atom stereocenters. The number of amides is 1. The Balaban J connectivity index is 1.96. The van der Waals surface area contributed by atoms with E-state index in [-0.39, 0.29) is 17.2 Å². The van der Waals surface area contributed by atoms with Crippen LogP contribution in [0.25, 0.3) is 0 Å². The van der Waals surface area contributed by atoms with Crippen LogP contribution < -0.4 is 10.9 Å². The molecule has 1 amide bonds. The monoisotopic (exact) mass is 337 g/mol. The molecule has 22 heavy (non-hydrogen) atoms. The summed E-state index contributed by atoms with van der Waals surface area (Å²) in [4.78, 5) is 30.3. The fourth-order valence-corrected chi connectivity index (χ4v) is 2.61. The second kappa shape index (κ2) is 7.47. The highest BCUT2D eigenvalue weighted by Gasteiger charge is 2.07. The number of hydrogen-bond donors (Lipinski definition) is 2. The van der Waals surface area contributed by atoms with Crippen molar-refractivity contribution < 1.29 is 4.79 Å². The van der Waals surface area contributed by atoms with Crippen LogP contribution in [0.5, 0.6) is 0 Å². The summed E-state index contributed by atoms with van der Waals surface area (Å²) in [7, 11) is 0. The van der Waals surface area contributed by atoms with Crippen LogP contribution in [0.2, 0.25) is 5.02 Å². The maximum absolute atomic E-state index is 11.9. The Morgan fingerprint density at radius 3 is 2.86 bits per heavy atom. The SMILES string of the molecule is CCc1cc(=O)[nH]c(SCC(=O)Nc2ccc(C)c(Cl)c2)n1. The second-order valence-electron chi connectivity index (χ2n) is 4.70. The van der Waals surface area contributed by atoms with Gasteiger partial charge in [0.15, 0.2) is 5.16 Å². The van der Waals surface area contributed by atoms with Crippen molar-refractivity contribution in [2.75, 3.05) is 11.1 Å².